The van der Waals surface area contributed by atoms with Crippen molar-refractivity contribution in [2.24, 2.45) is 5.92 Å². The molecule has 0 amide bonds. The van der Waals surface area contributed by atoms with E-state index in [0.717, 1.165) is 45.2 Å². The van der Waals surface area contributed by atoms with E-state index < -0.39 is 5.97 Å². The summed E-state index contributed by atoms with van der Waals surface area (Å²) in [5.74, 6) is 0.601. The Morgan fingerprint density at radius 1 is 1.04 bits per heavy atom. The number of carboxylic acid groups (broad SMARTS) is 1. The smallest absolute Gasteiger partial charge is 0.303 e. The van der Waals surface area contributed by atoms with Gasteiger partial charge in [-0.15, -0.1) is 0 Å². The summed E-state index contributed by atoms with van der Waals surface area (Å²) in [6.45, 7) is 2.95. The van der Waals surface area contributed by atoms with Crippen LogP contribution in [0.15, 0.2) is 24.3 Å². The van der Waals surface area contributed by atoms with Gasteiger partial charge in [-0.2, -0.15) is 0 Å². The molecule has 0 unspecified atom stereocenters. The quantitative estimate of drug-likeness (QED) is 0.781. The molecule has 138 valence electrons. The Morgan fingerprint density at radius 2 is 1.72 bits per heavy atom. The number of carboxylic acids is 1. The van der Waals surface area contributed by atoms with E-state index >= 15 is 0 Å². The molecule has 0 spiro atoms. The van der Waals surface area contributed by atoms with Crippen LogP contribution in [0.4, 0.5) is 0 Å². The first-order valence-corrected chi connectivity index (χ1v) is 9.83. The summed E-state index contributed by atoms with van der Waals surface area (Å²) >= 11 is 0. The van der Waals surface area contributed by atoms with Crippen LogP contribution in [-0.2, 0) is 16.1 Å². The standard InChI is InChI=1S/C21H31NO3/c23-21(24)10-5-16-3-8-20(9-4-16)25-15-17-1-6-18(7-2-17)19-11-13-22-14-12-19/h1-2,6-7,16,19-20,22H,3-5,8-15H2,(H,23,24). The molecule has 1 saturated heterocycles. The Labute approximate surface area is 151 Å². The normalized spacial score (nSPS) is 25.0. The zero-order valence-corrected chi connectivity index (χ0v) is 15.1. The van der Waals surface area contributed by atoms with Crippen molar-refractivity contribution in [2.45, 2.75) is 70.0 Å². The highest BCUT2D eigenvalue weighted by molar-refractivity contribution is 5.66. The first kappa shape index (κ1) is 18.4. The van der Waals surface area contributed by atoms with E-state index in [9.17, 15) is 4.79 Å². The molecule has 1 aromatic rings. The maximum atomic E-state index is 10.7. The number of ether oxygens (including phenoxy) is 1. The fraction of sp³-hybridized carbons (Fsp3) is 0.667. The number of piperidine rings is 1. The van der Waals surface area contributed by atoms with E-state index in [2.05, 4.69) is 29.6 Å². The maximum absolute atomic E-state index is 10.7. The van der Waals surface area contributed by atoms with Crippen molar-refractivity contribution in [3.05, 3.63) is 35.4 Å². The molecule has 0 atom stereocenters. The molecule has 2 fully saturated rings. The second kappa shape index (κ2) is 9.35. The molecule has 0 radical (unpaired) electrons. The van der Waals surface area contributed by atoms with E-state index in [1.807, 2.05) is 0 Å². The fourth-order valence-corrected chi connectivity index (χ4v) is 4.17. The molecule has 25 heavy (non-hydrogen) atoms. The van der Waals surface area contributed by atoms with Crippen molar-refractivity contribution < 1.29 is 14.6 Å². The van der Waals surface area contributed by atoms with Crippen LogP contribution in [0.25, 0.3) is 0 Å². The Hall–Kier alpha value is -1.39. The maximum Gasteiger partial charge on any atom is 0.303 e. The summed E-state index contributed by atoms with van der Waals surface area (Å²) in [6, 6.07) is 8.99. The minimum Gasteiger partial charge on any atom is -0.481 e. The van der Waals surface area contributed by atoms with Crippen LogP contribution in [0.2, 0.25) is 0 Å². The zero-order chi connectivity index (χ0) is 17.5. The molecular formula is C21H31NO3. The fourth-order valence-electron chi connectivity index (χ4n) is 4.17. The number of rotatable bonds is 7. The molecule has 2 N–H and O–H groups in total. The highest BCUT2D eigenvalue weighted by Gasteiger charge is 2.22. The third-order valence-corrected chi connectivity index (χ3v) is 5.84. The van der Waals surface area contributed by atoms with Gasteiger partial charge in [0.25, 0.3) is 0 Å². The molecule has 1 aliphatic heterocycles. The lowest BCUT2D eigenvalue weighted by Crippen LogP contribution is -2.26. The molecule has 1 aromatic carbocycles. The third-order valence-electron chi connectivity index (χ3n) is 5.84. The summed E-state index contributed by atoms with van der Waals surface area (Å²) in [7, 11) is 0. The van der Waals surface area contributed by atoms with E-state index in [4.69, 9.17) is 9.84 Å². The molecule has 0 bridgehead atoms. The number of hydrogen-bond acceptors (Lipinski definition) is 3. The van der Waals surface area contributed by atoms with Gasteiger partial charge in [-0.05, 0) is 81.0 Å². The summed E-state index contributed by atoms with van der Waals surface area (Å²) in [5, 5.41) is 12.2. The first-order valence-electron chi connectivity index (χ1n) is 9.83. The molecule has 3 rings (SSSR count). The van der Waals surface area contributed by atoms with E-state index in [1.54, 1.807) is 0 Å². The summed E-state index contributed by atoms with van der Waals surface area (Å²) < 4.78 is 6.10. The number of nitrogens with one attached hydrogen (secondary N) is 1. The van der Waals surface area contributed by atoms with Crippen LogP contribution in [0.1, 0.15) is 68.4 Å². The topological polar surface area (TPSA) is 58.6 Å². The first-order chi connectivity index (χ1) is 12.2. The molecular weight excluding hydrogens is 314 g/mol. The van der Waals surface area contributed by atoms with Crippen molar-refractivity contribution >= 4 is 5.97 Å². The van der Waals surface area contributed by atoms with Gasteiger partial charge in [0, 0.05) is 6.42 Å². The van der Waals surface area contributed by atoms with Crippen LogP contribution in [0.3, 0.4) is 0 Å². The predicted octanol–water partition coefficient (Wildman–Crippen LogP) is 4.09. The largest absolute Gasteiger partial charge is 0.481 e. The van der Waals surface area contributed by atoms with E-state index in [-0.39, 0.29) is 0 Å². The van der Waals surface area contributed by atoms with Gasteiger partial charge in [0.1, 0.15) is 0 Å². The van der Waals surface area contributed by atoms with Crippen LogP contribution in [-0.4, -0.2) is 30.3 Å². The molecule has 1 heterocycles. The van der Waals surface area contributed by atoms with Crippen molar-refractivity contribution in [1.29, 1.82) is 0 Å². The molecule has 1 saturated carbocycles. The average Bonchev–Trinajstić information content (AvgIpc) is 2.66. The average molecular weight is 345 g/mol. The summed E-state index contributed by atoms with van der Waals surface area (Å²) in [4.78, 5) is 10.7. The Kier molecular flexibility index (Phi) is 6.88. The third kappa shape index (κ3) is 5.82. The second-order valence-electron chi connectivity index (χ2n) is 7.65. The van der Waals surface area contributed by atoms with Gasteiger partial charge in [0.2, 0.25) is 0 Å². The van der Waals surface area contributed by atoms with Gasteiger partial charge in [0.05, 0.1) is 12.7 Å². The molecule has 2 aliphatic rings. The lowest BCUT2D eigenvalue weighted by atomic mass is 9.84. The Morgan fingerprint density at radius 3 is 2.36 bits per heavy atom. The summed E-state index contributed by atoms with van der Waals surface area (Å²) in [6.07, 6.45) is 8.28. The number of aliphatic carboxylic acids is 1. The minimum atomic E-state index is -0.675. The Bertz CT molecular complexity index is 529. The highest BCUT2D eigenvalue weighted by atomic mass is 16.5. The predicted molar refractivity (Wildman–Crippen MR) is 98.7 cm³/mol. The highest BCUT2D eigenvalue weighted by Crippen LogP contribution is 2.30. The van der Waals surface area contributed by atoms with Gasteiger partial charge >= 0.3 is 5.97 Å². The van der Waals surface area contributed by atoms with Crippen LogP contribution in [0, 0.1) is 5.92 Å². The number of benzene rings is 1. The monoisotopic (exact) mass is 345 g/mol. The van der Waals surface area contributed by atoms with E-state index in [0.29, 0.717) is 31.0 Å². The van der Waals surface area contributed by atoms with Gasteiger partial charge < -0.3 is 15.2 Å². The molecule has 1 aliphatic carbocycles. The van der Waals surface area contributed by atoms with E-state index in [1.165, 1.54) is 24.0 Å². The van der Waals surface area contributed by atoms with Crippen molar-refractivity contribution in [1.82, 2.24) is 5.32 Å². The van der Waals surface area contributed by atoms with Gasteiger partial charge in [-0.1, -0.05) is 24.3 Å². The SMILES string of the molecule is O=C(O)CCC1CCC(OCc2ccc(C3CCNCC3)cc2)CC1. The number of carbonyl (C=O) groups is 1. The van der Waals surface area contributed by atoms with Crippen molar-refractivity contribution in [2.75, 3.05) is 13.1 Å². The lowest BCUT2D eigenvalue weighted by molar-refractivity contribution is -0.137. The minimum absolute atomic E-state index is 0.305. The van der Waals surface area contributed by atoms with Gasteiger partial charge in [0.15, 0.2) is 0 Å². The molecule has 4 heteroatoms. The van der Waals surface area contributed by atoms with Crippen molar-refractivity contribution in [3.63, 3.8) is 0 Å². The Balaban J connectivity index is 1.38. The zero-order valence-electron chi connectivity index (χ0n) is 15.1. The van der Waals surface area contributed by atoms with Crippen LogP contribution < -0.4 is 5.32 Å². The number of hydrogen-bond donors (Lipinski definition) is 2. The van der Waals surface area contributed by atoms with Crippen LogP contribution in [0.5, 0.6) is 0 Å². The summed E-state index contributed by atoms with van der Waals surface area (Å²) in [5.41, 5.74) is 2.72. The van der Waals surface area contributed by atoms with Gasteiger partial charge in [-0.25, -0.2) is 0 Å². The van der Waals surface area contributed by atoms with Crippen molar-refractivity contribution in [3.8, 4) is 0 Å². The second-order valence-corrected chi connectivity index (χ2v) is 7.65. The van der Waals surface area contributed by atoms with Crippen LogP contribution >= 0.6 is 0 Å². The van der Waals surface area contributed by atoms with Gasteiger partial charge in [-0.3, -0.25) is 4.79 Å². The molecule has 0 aromatic heterocycles. The lowest BCUT2D eigenvalue weighted by Gasteiger charge is -2.28. The molecule has 4 nitrogen and oxygen atoms in total.